The van der Waals surface area contributed by atoms with E-state index in [1.807, 2.05) is 26.0 Å². The lowest BCUT2D eigenvalue weighted by molar-refractivity contribution is -0.137. The normalized spacial score (nSPS) is 18.1. The van der Waals surface area contributed by atoms with E-state index < -0.39 is 21.8 Å². The molecule has 1 saturated heterocycles. The second-order valence-electron chi connectivity index (χ2n) is 8.46. The minimum atomic E-state index is -4.42. The maximum absolute atomic E-state index is 13.2. The summed E-state index contributed by atoms with van der Waals surface area (Å²) in [4.78, 5) is 4.58. The molecule has 0 spiro atoms. The Morgan fingerprint density at radius 1 is 1.06 bits per heavy atom. The molecule has 1 aliphatic rings. The quantitative estimate of drug-likeness (QED) is 0.487. The van der Waals surface area contributed by atoms with Crippen molar-refractivity contribution >= 4 is 10.0 Å². The van der Waals surface area contributed by atoms with Crippen LogP contribution in [0.2, 0.25) is 0 Å². The van der Waals surface area contributed by atoms with Crippen LogP contribution < -0.4 is 0 Å². The molecular weight excluding hydrogens is 455 g/mol. The predicted octanol–water partition coefficient (Wildman–Crippen LogP) is 5.45. The number of nitrogens with zero attached hydrogens (tertiary/aromatic N) is 3. The van der Waals surface area contributed by atoms with Crippen molar-refractivity contribution in [2.45, 2.75) is 49.6 Å². The monoisotopic (exact) mass is 479 g/mol. The molecule has 0 amide bonds. The van der Waals surface area contributed by atoms with E-state index in [4.69, 9.17) is 4.52 Å². The maximum atomic E-state index is 13.2. The molecule has 1 fully saturated rings. The van der Waals surface area contributed by atoms with Crippen molar-refractivity contribution in [2.24, 2.45) is 0 Å². The number of sulfonamides is 1. The van der Waals surface area contributed by atoms with E-state index >= 15 is 0 Å². The first-order valence-corrected chi connectivity index (χ1v) is 12.1. The Hall–Kier alpha value is -2.72. The smallest absolute Gasteiger partial charge is 0.339 e. The van der Waals surface area contributed by atoms with E-state index in [1.54, 1.807) is 12.1 Å². The summed E-state index contributed by atoms with van der Waals surface area (Å²) in [5, 5.41) is 3.89. The molecule has 1 aromatic heterocycles. The molecule has 4 rings (SSSR count). The topological polar surface area (TPSA) is 76.3 Å². The summed E-state index contributed by atoms with van der Waals surface area (Å²) in [5.74, 6) is 0.458. The molecule has 10 heteroatoms. The molecule has 2 heterocycles. The average Bonchev–Trinajstić information content (AvgIpc) is 3.29. The average molecular weight is 480 g/mol. The van der Waals surface area contributed by atoms with Crippen LogP contribution in [-0.2, 0) is 16.2 Å². The van der Waals surface area contributed by atoms with Crippen LogP contribution in [0, 0.1) is 0 Å². The first kappa shape index (κ1) is 23.4. The zero-order valence-corrected chi connectivity index (χ0v) is 19.0. The summed E-state index contributed by atoms with van der Waals surface area (Å²) in [6.07, 6.45) is -3.12. The third-order valence-electron chi connectivity index (χ3n) is 5.83. The summed E-state index contributed by atoms with van der Waals surface area (Å²) in [5.41, 5.74) is 0.695. The van der Waals surface area contributed by atoms with E-state index in [9.17, 15) is 21.6 Å². The minimum absolute atomic E-state index is 0.169. The van der Waals surface area contributed by atoms with E-state index in [1.165, 1.54) is 16.4 Å². The Balaban J connectivity index is 1.50. The van der Waals surface area contributed by atoms with Gasteiger partial charge in [0.2, 0.25) is 21.7 Å². The second-order valence-corrected chi connectivity index (χ2v) is 10.4. The van der Waals surface area contributed by atoms with Gasteiger partial charge in [-0.3, -0.25) is 0 Å². The standard InChI is InChI=1S/C23H24F3N3O3S/c1-15(2)16-7-11-20(12-8-16)33(30,31)29-13-3-4-18(14-29)22-27-21(28-32-22)17-5-9-19(10-6-17)23(24,25)26/h5-12,15,18H,3-4,13-14H2,1-2H3/t18-/m0/s1. The molecule has 0 radical (unpaired) electrons. The van der Waals surface area contributed by atoms with Gasteiger partial charge in [-0.25, -0.2) is 8.42 Å². The van der Waals surface area contributed by atoms with Crippen LogP contribution >= 0.6 is 0 Å². The number of aromatic nitrogens is 2. The summed E-state index contributed by atoms with van der Waals surface area (Å²) >= 11 is 0. The van der Waals surface area contributed by atoms with E-state index in [2.05, 4.69) is 10.1 Å². The van der Waals surface area contributed by atoms with Gasteiger partial charge >= 0.3 is 6.18 Å². The lowest BCUT2D eigenvalue weighted by Gasteiger charge is -2.30. The van der Waals surface area contributed by atoms with Gasteiger partial charge in [-0.2, -0.15) is 22.5 Å². The number of hydrogen-bond acceptors (Lipinski definition) is 5. The fourth-order valence-electron chi connectivity index (χ4n) is 3.86. The SMILES string of the molecule is CC(C)c1ccc(S(=O)(=O)N2CCC[C@H](c3nc(-c4ccc(C(F)(F)F)cc4)no3)C2)cc1. The van der Waals surface area contributed by atoms with Gasteiger partial charge in [-0.15, -0.1) is 0 Å². The zero-order valence-electron chi connectivity index (χ0n) is 18.2. The van der Waals surface area contributed by atoms with Gasteiger partial charge in [-0.05, 0) is 48.6 Å². The van der Waals surface area contributed by atoms with Gasteiger partial charge in [0.15, 0.2) is 0 Å². The third kappa shape index (κ3) is 4.96. The molecule has 0 bridgehead atoms. The lowest BCUT2D eigenvalue weighted by Crippen LogP contribution is -2.39. The van der Waals surface area contributed by atoms with Crippen LogP contribution in [0.15, 0.2) is 57.9 Å². The number of hydrogen-bond donors (Lipinski definition) is 0. The summed E-state index contributed by atoms with van der Waals surface area (Å²) in [6.45, 7) is 4.68. The Bertz CT molecular complexity index is 1200. The molecule has 176 valence electrons. The Kier molecular flexibility index (Phi) is 6.32. The highest BCUT2D eigenvalue weighted by Crippen LogP contribution is 2.33. The highest BCUT2D eigenvalue weighted by atomic mass is 32.2. The largest absolute Gasteiger partial charge is 0.416 e. The number of benzene rings is 2. The zero-order chi connectivity index (χ0) is 23.8. The lowest BCUT2D eigenvalue weighted by atomic mass is 10.00. The number of rotatable bonds is 5. The van der Waals surface area contributed by atoms with Gasteiger partial charge in [-0.1, -0.05) is 43.3 Å². The molecule has 1 aliphatic heterocycles. The molecule has 0 N–H and O–H groups in total. The molecule has 33 heavy (non-hydrogen) atoms. The molecule has 0 aliphatic carbocycles. The fourth-order valence-corrected chi connectivity index (χ4v) is 5.39. The van der Waals surface area contributed by atoms with Crippen molar-refractivity contribution in [3.8, 4) is 11.4 Å². The van der Waals surface area contributed by atoms with Crippen molar-refractivity contribution in [3.05, 3.63) is 65.5 Å². The third-order valence-corrected chi connectivity index (χ3v) is 7.71. The van der Waals surface area contributed by atoms with Crippen LogP contribution in [0.4, 0.5) is 13.2 Å². The van der Waals surface area contributed by atoms with Crippen LogP contribution in [0.5, 0.6) is 0 Å². The molecule has 1 atom stereocenters. The number of alkyl halides is 3. The Morgan fingerprint density at radius 3 is 2.33 bits per heavy atom. The molecular formula is C23H24F3N3O3S. The van der Waals surface area contributed by atoms with Crippen LogP contribution in [0.25, 0.3) is 11.4 Å². The first-order chi connectivity index (χ1) is 15.6. The summed E-state index contributed by atoms with van der Waals surface area (Å²) in [6, 6.07) is 11.4. The van der Waals surface area contributed by atoms with Gasteiger partial charge in [0.1, 0.15) is 0 Å². The first-order valence-electron chi connectivity index (χ1n) is 10.7. The van der Waals surface area contributed by atoms with Gasteiger partial charge < -0.3 is 4.52 Å². The van der Waals surface area contributed by atoms with Crippen molar-refractivity contribution in [1.29, 1.82) is 0 Å². The molecule has 0 saturated carbocycles. The van der Waals surface area contributed by atoms with Crippen LogP contribution in [0.3, 0.4) is 0 Å². The Morgan fingerprint density at radius 2 is 1.73 bits per heavy atom. The molecule has 3 aromatic rings. The number of halogens is 3. The molecule has 0 unspecified atom stereocenters. The minimum Gasteiger partial charge on any atom is -0.339 e. The summed E-state index contributed by atoms with van der Waals surface area (Å²) < 4.78 is 71.4. The fraction of sp³-hybridized carbons (Fsp3) is 0.391. The van der Waals surface area contributed by atoms with Crippen molar-refractivity contribution < 1.29 is 26.1 Å². The van der Waals surface area contributed by atoms with Crippen LogP contribution in [0.1, 0.15) is 55.5 Å². The highest BCUT2D eigenvalue weighted by Gasteiger charge is 2.34. The van der Waals surface area contributed by atoms with Crippen molar-refractivity contribution in [2.75, 3.05) is 13.1 Å². The highest BCUT2D eigenvalue weighted by molar-refractivity contribution is 7.89. The van der Waals surface area contributed by atoms with E-state index in [0.717, 1.165) is 17.7 Å². The summed E-state index contributed by atoms with van der Waals surface area (Å²) in [7, 11) is -3.67. The van der Waals surface area contributed by atoms with E-state index in [-0.39, 0.29) is 29.1 Å². The maximum Gasteiger partial charge on any atom is 0.416 e. The van der Waals surface area contributed by atoms with Crippen molar-refractivity contribution in [3.63, 3.8) is 0 Å². The van der Waals surface area contributed by atoms with Crippen LogP contribution in [-0.4, -0.2) is 36.0 Å². The molecule has 2 aromatic carbocycles. The second kappa shape index (κ2) is 8.90. The molecule has 6 nitrogen and oxygen atoms in total. The van der Waals surface area contributed by atoms with Crippen molar-refractivity contribution in [1.82, 2.24) is 14.4 Å². The van der Waals surface area contributed by atoms with Gasteiger partial charge in [0.25, 0.3) is 0 Å². The van der Waals surface area contributed by atoms with Gasteiger partial charge in [0, 0.05) is 18.7 Å². The van der Waals surface area contributed by atoms with E-state index in [0.29, 0.717) is 30.9 Å². The van der Waals surface area contributed by atoms with Gasteiger partial charge in [0.05, 0.1) is 16.4 Å². The Labute approximate surface area is 190 Å². The number of piperidine rings is 1. The predicted molar refractivity (Wildman–Crippen MR) is 116 cm³/mol.